The number of nitrogens with zero attached hydrogens (tertiary/aromatic N) is 1. The summed E-state index contributed by atoms with van der Waals surface area (Å²) in [5.74, 6) is 0.823. The number of guanidine groups is 1. The fraction of sp³-hybridized carbons (Fsp3) is 0.682. The van der Waals surface area contributed by atoms with E-state index in [-0.39, 0.29) is 5.41 Å². The van der Waals surface area contributed by atoms with Crippen molar-refractivity contribution in [2.75, 3.05) is 19.4 Å². The van der Waals surface area contributed by atoms with Crippen LogP contribution in [0.15, 0.2) is 28.1 Å². The lowest BCUT2D eigenvalue weighted by Gasteiger charge is -2.54. The molecule has 0 aromatic heterocycles. The van der Waals surface area contributed by atoms with Crippen LogP contribution in [0.3, 0.4) is 0 Å². The lowest BCUT2D eigenvalue weighted by molar-refractivity contribution is -0.125. The molecule has 2 fully saturated rings. The van der Waals surface area contributed by atoms with Gasteiger partial charge in [-0.1, -0.05) is 25.0 Å². The molecule has 2 saturated carbocycles. The number of rotatable bonds is 7. The van der Waals surface area contributed by atoms with Gasteiger partial charge in [-0.3, -0.25) is 0 Å². The Morgan fingerprint density at radius 3 is 2.59 bits per heavy atom. The lowest BCUT2D eigenvalue weighted by atomic mass is 9.60. The Morgan fingerprint density at radius 2 is 2.00 bits per heavy atom. The Morgan fingerprint density at radius 1 is 1.28 bits per heavy atom. The molecule has 0 radical (unpaired) electrons. The van der Waals surface area contributed by atoms with E-state index >= 15 is 0 Å². The zero-order valence-electron chi connectivity index (χ0n) is 18.1. The minimum Gasteiger partial charge on any atom is -0.378 e. The average molecular weight is 422 g/mol. The van der Waals surface area contributed by atoms with Gasteiger partial charge in [-0.05, 0) is 57.2 Å². The molecule has 2 unspecified atom stereocenters. The molecule has 162 valence electrons. The van der Waals surface area contributed by atoms with E-state index in [1.54, 1.807) is 6.07 Å². The van der Waals surface area contributed by atoms with E-state index in [4.69, 9.17) is 9.73 Å². The topological polar surface area (TPSA) is 79.8 Å². The van der Waals surface area contributed by atoms with Gasteiger partial charge in [0.25, 0.3) is 0 Å². The van der Waals surface area contributed by atoms with Gasteiger partial charge in [0.2, 0.25) is 0 Å². The van der Waals surface area contributed by atoms with E-state index in [1.807, 2.05) is 19.1 Å². The maximum absolute atomic E-state index is 11.8. The van der Waals surface area contributed by atoms with Crippen LogP contribution in [0.1, 0.15) is 57.1 Å². The van der Waals surface area contributed by atoms with Crippen LogP contribution in [0.4, 0.5) is 0 Å². The summed E-state index contributed by atoms with van der Waals surface area (Å²) in [6.07, 6.45) is 7.64. The van der Waals surface area contributed by atoms with Crippen molar-refractivity contribution in [2.45, 2.75) is 76.5 Å². The standard InChI is InChI=1S/C22H35N3O3S/c1-5-23-21(24-15-17-9-10-18(16(3)13-17)29(4,26)27)25-19-14-20(28-6-2)22(19)11-7-8-12-22/h9-10,13,19-20H,5-8,11-12,14-15H2,1-4H3,(H2,23,24,25). The van der Waals surface area contributed by atoms with Crippen LogP contribution >= 0.6 is 0 Å². The fourth-order valence-corrected chi connectivity index (χ4v) is 5.93. The minimum absolute atomic E-state index is 0.250. The van der Waals surface area contributed by atoms with Gasteiger partial charge in [0.15, 0.2) is 15.8 Å². The maximum atomic E-state index is 11.8. The third kappa shape index (κ3) is 4.77. The van der Waals surface area contributed by atoms with E-state index in [0.717, 1.165) is 36.7 Å². The molecule has 3 rings (SSSR count). The second-order valence-electron chi connectivity index (χ2n) is 8.38. The van der Waals surface area contributed by atoms with E-state index in [0.29, 0.717) is 23.6 Å². The van der Waals surface area contributed by atoms with Crippen LogP contribution < -0.4 is 10.6 Å². The molecule has 0 amide bonds. The third-order valence-electron chi connectivity index (χ3n) is 6.40. The van der Waals surface area contributed by atoms with Crippen molar-refractivity contribution in [3.63, 3.8) is 0 Å². The number of hydrogen-bond acceptors (Lipinski definition) is 4. The molecule has 29 heavy (non-hydrogen) atoms. The van der Waals surface area contributed by atoms with Crippen molar-refractivity contribution in [1.29, 1.82) is 0 Å². The van der Waals surface area contributed by atoms with Crippen LogP contribution in [0.5, 0.6) is 0 Å². The Bertz CT molecular complexity index is 845. The SMILES string of the molecule is CCNC(=NCc1ccc(S(C)(=O)=O)c(C)c1)NC1CC(OCC)C12CCCC2. The Balaban J connectivity index is 1.70. The Labute approximate surface area is 175 Å². The first-order valence-electron chi connectivity index (χ1n) is 10.8. The van der Waals surface area contributed by atoms with Crippen molar-refractivity contribution in [1.82, 2.24) is 10.6 Å². The van der Waals surface area contributed by atoms with Crippen molar-refractivity contribution in [3.8, 4) is 0 Å². The van der Waals surface area contributed by atoms with E-state index in [9.17, 15) is 8.42 Å². The number of hydrogen-bond donors (Lipinski definition) is 2. The summed E-state index contributed by atoms with van der Waals surface area (Å²) < 4.78 is 29.6. The van der Waals surface area contributed by atoms with Gasteiger partial charge in [0.05, 0.1) is 17.5 Å². The van der Waals surface area contributed by atoms with Gasteiger partial charge in [-0.2, -0.15) is 0 Å². The molecule has 2 aliphatic rings. The molecule has 2 N–H and O–H groups in total. The summed E-state index contributed by atoms with van der Waals surface area (Å²) >= 11 is 0. The zero-order chi connectivity index (χ0) is 21.1. The number of ether oxygens (including phenoxy) is 1. The largest absolute Gasteiger partial charge is 0.378 e. The van der Waals surface area contributed by atoms with Gasteiger partial charge < -0.3 is 15.4 Å². The molecule has 6 nitrogen and oxygen atoms in total. The third-order valence-corrected chi connectivity index (χ3v) is 7.66. The molecule has 2 aliphatic carbocycles. The van der Waals surface area contributed by atoms with Crippen molar-refractivity contribution in [2.24, 2.45) is 10.4 Å². The second-order valence-corrected chi connectivity index (χ2v) is 10.4. The fourth-order valence-electron chi connectivity index (χ4n) is 4.97. The average Bonchev–Trinajstić information content (AvgIpc) is 3.17. The van der Waals surface area contributed by atoms with Crippen LogP contribution in [0.25, 0.3) is 0 Å². The molecule has 1 aromatic rings. The lowest BCUT2D eigenvalue weighted by Crippen LogP contribution is -2.65. The van der Waals surface area contributed by atoms with E-state index < -0.39 is 9.84 Å². The molecule has 0 heterocycles. The Kier molecular flexibility index (Phi) is 6.89. The number of nitrogens with one attached hydrogen (secondary N) is 2. The molecular weight excluding hydrogens is 386 g/mol. The summed E-state index contributed by atoms with van der Waals surface area (Å²) in [4.78, 5) is 5.15. The second kappa shape index (κ2) is 9.04. The number of benzene rings is 1. The first kappa shape index (κ1) is 22.1. The summed E-state index contributed by atoms with van der Waals surface area (Å²) in [5.41, 5.74) is 2.02. The van der Waals surface area contributed by atoms with Crippen molar-refractivity contribution in [3.05, 3.63) is 29.3 Å². The van der Waals surface area contributed by atoms with Crippen LogP contribution in [0.2, 0.25) is 0 Å². The van der Waals surface area contributed by atoms with Gasteiger partial charge >= 0.3 is 0 Å². The highest BCUT2D eigenvalue weighted by Crippen LogP contribution is 2.54. The number of aliphatic imine (C=N–C) groups is 1. The van der Waals surface area contributed by atoms with Crippen molar-refractivity contribution < 1.29 is 13.2 Å². The molecule has 0 saturated heterocycles. The first-order chi connectivity index (χ1) is 13.8. The summed E-state index contributed by atoms with van der Waals surface area (Å²) in [5, 5.41) is 7.02. The van der Waals surface area contributed by atoms with E-state index in [1.165, 1.54) is 31.9 Å². The Hall–Kier alpha value is -1.60. The maximum Gasteiger partial charge on any atom is 0.191 e. The quantitative estimate of drug-likeness (QED) is 0.522. The first-order valence-corrected chi connectivity index (χ1v) is 12.7. The van der Waals surface area contributed by atoms with Crippen molar-refractivity contribution >= 4 is 15.8 Å². The van der Waals surface area contributed by atoms with Gasteiger partial charge in [0, 0.05) is 30.9 Å². The highest BCUT2D eigenvalue weighted by molar-refractivity contribution is 7.90. The van der Waals surface area contributed by atoms with Gasteiger partial charge in [-0.25, -0.2) is 13.4 Å². The predicted octanol–water partition coefficient (Wildman–Crippen LogP) is 3.19. The molecule has 0 aliphatic heterocycles. The van der Waals surface area contributed by atoms with Gasteiger partial charge in [-0.15, -0.1) is 0 Å². The molecule has 0 bridgehead atoms. The highest BCUT2D eigenvalue weighted by atomic mass is 32.2. The number of sulfone groups is 1. The van der Waals surface area contributed by atoms with Crippen LogP contribution in [0, 0.1) is 12.3 Å². The molecule has 1 spiro atoms. The highest BCUT2D eigenvalue weighted by Gasteiger charge is 2.56. The van der Waals surface area contributed by atoms with Crippen LogP contribution in [-0.4, -0.2) is 45.9 Å². The zero-order valence-corrected chi connectivity index (χ0v) is 18.9. The van der Waals surface area contributed by atoms with E-state index in [2.05, 4.69) is 24.5 Å². The molecular formula is C22H35N3O3S. The molecule has 1 aromatic carbocycles. The summed E-state index contributed by atoms with van der Waals surface area (Å²) in [7, 11) is -3.20. The summed E-state index contributed by atoms with van der Waals surface area (Å²) in [6.45, 7) is 8.06. The summed E-state index contributed by atoms with van der Waals surface area (Å²) in [6, 6.07) is 5.84. The normalized spacial score (nSPS) is 23.8. The number of aryl methyl sites for hydroxylation is 1. The predicted molar refractivity (Wildman–Crippen MR) is 117 cm³/mol. The molecule has 2 atom stereocenters. The van der Waals surface area contributed by atoms with Gasteiger partial charge in [0.1, 0.15) is 0 Å². The minimum atomic E-state index is -3.20. The van der Waals surface area contributed by atoms with Crippen LogP contribution in [-0.2, 0) is 21.1 Å². The monoisotopic (exact) mass is 421 g/mol. The molecule has 7 heteroatoms. The smallest absolute Gasteiger partial charge is 0.191 e.